The van der Waals surface area contributed by atoms with E-state index in [1.54, 1.807) is 6.07 Å². The van der Waals surface area contributed by atoms with E-state index >= 15 is 0 Å². The third-order valence-electron chi connectivity index (χ3n) is 4.59. The molecule has 0 radical (unpaired) electrons. The van der Waals surface area contributed by atoms with Gasteiger partial charge in [0.15, 0.2) is 0 Å². The van der Waals surface area contributed by atoms with Crippen LogP contribution in [0.5, 0.6) is 5.75 Å². The summed E-state index contributed by atoms with van der Waals surface area (Å²) in [5.41, 5.74) is 1.74. The van der Waals surface area contributed by atoms with Crippen LogP contribution < -0.4 is 4.74 Å². The molecule has 2 aliphatic rings. The van der Waals surface area contributed by atoms with Gasteiger partial charge in [-0.3, -0.25) is 0 Å². The Morgan fingerprint density at radius 1 is 1.32 bits per heavy atom. The largest absolute Gasteiger partial charge is 0.496 e. The van der Waals surface area contributed by atoms with Crippen molar-refractivity contribution in [3.63, 3.8) is 0 Å². The van der Waals surface area contributed by atoms with E-state index in [9.17, 15) is 15.0 Å². The number of ether oxygens (including phenoxy) is 1. The van der Waals surface area contributed by atoms with Crippen LogP contribution in [0.1, 0.15) is 59.2 Å². The van der Waals surface area contributed by atoms with Gasteiger partial charge in [0.2, 0.25) is 0 Å². The Kier molecular flexibility index (Phi) is 2.97. The molecule has 0 aliphatic heterocycles. The maximum Gasteiger partial charge on any atom is 0.339 e. The summed E-state index contributed by atoms with van der Waals surface area (Å²) in [7, 11) is 1.46. The third-order valence-corrected chi connectivity index (χ3v) is 4.59. The van der Waals surface area contributed by atoms with E-state index < -0.39 is 12.1 Å². The zero-order chi connectivity index (χ0) is 13.6. The first kappa shape index (κ1) is 12.5. The molecule has 2 aliphatic carbocycles. The second-order valence-electron chi connectivity index (χ2n) is 5.45. The van der Waals surface area contributed by atoms with E-state index in [1.165, 1.54) is 7.11 Å². The van der Waals surface area contributed by atoms with Crippen LogP contribution in [-0.4, -0.2) is 23.3 Å². The number of hydrogen-bond acceptors (Lipinski definition) is 3. The highest BCUT2D eigenvalue weighted by molar-refractivity contribution is 5.93. The van der Waals surface area contributed by atoms with Gasteiger partial charge in [-0.1, -0.05) is 18.9 Å². The normalized spacial score (nSPS) is 28.6. The number of rotatable bonds is 2. The minimum atomic E-state index is -1.02. The minimum Gasteiger partial charge on any atom is -0.496 e. The summed E-state index contributed by atoms with van der Waals surface area (Å²) in [4.78, 5) is 11.5. The number of aliphatic hydroxyl groups excluding tert-OH is 1. The van der Waals surface area contributed by atoms with Gasteiger partial charge in [-0.15, -0.1) is 0 Å². The van der Waals surface area contributed by atoms with Crippen molar-refractivity contribution in [3.05, 3.63) is 28.8 Å². The van der Waals surface area contributed by atoms with E-state index in [-0.39, 0.29) is 11.5 Å². The Bertz CT molecular complexity index is 523. The molecular formula is C15H18O4. The highest BCUT2D eigenvalue weighted by Crippen LogP contribution is 2.54. The van der Waals surface area contributed by atoms with E-state index in [2.05, 4.69) is 0 Å². The van der Waals surface area contributed by atoms with Gasteiger partial charge in [0.05, 0.1) is 13.2 Å². The number of aliphatic hydroxyl groups is 1. The first-order valence-electron chi connectivity index (χ1n) is 6.77. The van der Waals surface area contributed by atoms with Gasteiger partial charge in [0.1, 0.15) is 11.3 Å². The molecule has 1 aromatic carbocycles. The third kappa shape index (κ3) is 1.74. The van der Waals surface area contributed by atoms with Gasteiger partial charge < -0.3 is 14.9 Å². The molecule has 102 valence electrons. The Balaban J connectivity index is 2.18. The van der Waals surface area contributed by atoms with Crippen molar-refractivity contribution in [2.24, 2.45) is 5.92 Å². The van der Waals surface area contributed by atoms with Crippen LogP contribution in [-0.2, 0) is 0 Å². The summed E-state index contributed by atoms with van der Waals surface area (Å²) < 4.78 is 5.14. The highest BCUT2D eigenvalue weighted by Gasteiger charge is 2.43. The molecule has 0 aromatic heterocycles. The molecule has 0 saturated heterocycles. The lowest BCUT2D eigenvalue weighted by Crippen LogP contribution is -2.16. The highest BCUT2D eigenvalue weighted by atomic mass is 16.5. The van der Waals surface area contributed by atoms with Crippen molar-refractivity contribution < 1.29 is 19.7 Å². The number of benzene rings is 1. The number of methoxy groups -OCH3 is 1. The second-order valence-corrected chi connectivity index (χ2v) is 5.45. The van der Waals surface area contributed by atoms with Crippen LogP contribution >= 0.6 is 0 Å². The fraction of sp³-hybridized carbons (Fsp3) is 0.533. The summed E-state index contributed by atoms with van der Waals surface area (Å²) in [5.74, 6) is -0.202. The molecule has 0 bridgehead atoms. The van der Waals surface area contributed by atoms with Gasteiger partial charge >= 0.3 is 5.97 Å². The van der Waals surface area contributed by atoms with Crippen LogP contribution in [0.2, 0.25) is 0 Å². The standard InChI is InChI=1S/C15H18O4/c1-19-11-7-6-9-8-4-2-3-5-10(8)14(16)12(9)13(11)15(17)18/h6-8,10,14,16H,2-5H2,1H3,(H,17,18)/t8-,10-,14-/m0/s1. The zero-order valence-corrected chi connectivity index (χ0v) is 10.9. The predicted octanol–water partition coefficient (Wildman–Crippen LogP) is 2.71. The molecule has 1 saturated carbocycles. The number of carboxylic acids is 1. The molecule has 0 heterocycles. The SMILES string of the molecule is COc1ccc2c(c1C(=O)O)[C@@H](O)[C@H]1CCCC[C@@H]21. The molecule has 2 N–H and O–H groups in total. The molecule has 0 spiro atoms. The lowest BCUT2D eigenvalue weighted by Gasteiger charge is -2.27. The summed E-state index contributed by atoms with van der Waals surface area (Å²) in [6.45, 7) is 0. The monoisotopic (exact) mass is 262 g/mol. The predicted molar refractivity (Wildman–Crippen MR) is 69.6 cm³/mol. The van der Waals surface area contributed by atoms with Gasteiger partial charge in [0.25, 0.3) is 0 Å². The van der Waals surface area contributed by atoms with Gasteiger partial charge in [-0.2, -0.15) is 0 Å². The number of carboxylic acid groups (broad SMARTS) is 1. The summed E-state index contributed by atoms with van der Waals surface area (Å²) in [6.07, 6.45) is 3.62. The summed E-state index contributed by atoms with van der Waals surface area (Å²) in [5, 5.41) is 19.9. The zero-order valence-electron chi connectivity index (χ0n) is 10.9. The van der Waals surface area contributed by atoms with Crippen molar-refractivity contribution in [3.8, 4) is 5.75 Å². The van der Waals surface area contributed by atoms with Crippen LogP contribution in [0.15, 0.2) is 12.1 Å². The maximum atomic E-state index is 11.5. The molecule has 1 fully saturated rings. The average molecular weight is 262 g/mol. The van der Waals surface area contributed by atoms with Crippen molar-refractivity contribution in [1.82, 2.24) is 0 Å². The minimum absolute atomic E-state index is 0.141. The van der Waals surface area contributed by atoms with Crippen LogP contribution in [0, 0.1) is 5.92 Å². The number of carbonyl (C=O) groups is 1. The molecule has 1 aromatic rings. The number of hydrogen-bond donors (Lipinski definition) is 2. The molecule has 4 nitrogen and oxygen atoms in total. The number of fused-ring (bicyclic) bond motifs is 3. The van der Waals surface area contributed by atoms with Crippen molar-refractivity contribution in [2.45, 2.75) is 37.7 Å². The second kappa shape index (κ2) is 4.53. The van der Waals surface area contributed by atoms with Crippen LogP contribution in [0.25, 0.3) is 0 Å². The Morgan fingerprint density at radius 2 is 2.05 bits per heavy atom. The maximum absolute atomic E-state index is 11.5. The fourth-order valence-corrected chi connectivity index (χ4v) is 3.79. The molecule has 3 rings (SSSR count). The molecule has 4 heteroatoms. The lowest BCUT2D eigenvalue weighted by molar-refractivity contribution is 0.0668. The van der Waals surface area contributed by atoms with Crippen molar-refractivity contribution in [1.29, 1.82) is 0 Å². The van der Waals surface area contributed by atoms with Crippen molar-refractivity contribution >= 4 is 5.97 Å². The first-order valence-corrected chi connectivity index (χ1v) is 6.77. The summed E-state index contributed by atoms with van der Waals surface area (Å²) in [6, 6.07) is 3.64. The Morgan fingerprint density at radius 3 is 2.74 bits per heavy atom. The summed E-state index contributed by atoms with van der Waals surface area (Å²) >= 11 is 0. The van der Waals surface area contributed by atoms with Gasteiger partial charge in [-0.05, 0) is 36.3 Å². The Labute approximate surface area is 112 Å². The van der Waals surface area contributed by atoms with E-state index in [1.807, 2.05) is 6.07 Å². The smallest absolute Gasteiger partial charge is 0.339 e. The van der Waals surface area contributed by atoms with Crippen LogP contribution in [0.4, 0.5) is 0 Å². The molecule has 0 unspecified atom stereocenters. The average Bonchev–Trinajstić information content (AvgIpc) is 2.72. The van der Waals surface area contributed by atoms with E-state index in [0.717, 1.165) is 31.2 Å². The van der Waals surface area contributed by atoms with E-state index in [0.29, 0.717) is 17.2 Å². The molecule has 3 atom stereocenters. The quantitative estimate of drug-likeness (QED) is 0.860. The van der Waals surface area contributed by atoms with Crippen LogP contribution in [0.3, 0.4) is 0 Å². The van der Waals surface area contributed by atoms with Crippen molar-refractivity contribution in [2.75, 3.05) is 7.11 Å². The first-order chi connectivity index (χ1) is 9.15. The molecule has 0 amide bonds. The van der Waals surface area contributed by atoms with Gasteiger partial charge in [0, 0.05) is 5.56 Å². The van der Waals surface area contributed by atoms with E-state index in [4.69, 9.17) is 4.74 Å². The topological polar surface area (TPSA) is 66.8 Å². The van der Waals surface area contributed by atoms with Gasteiger partial charge in [-0.25, -0.2) is 4.79 Å². The number of aromatic carboxylic acids is 1. The Hall–Kier alpha value is -1.55. The lowest BCUT2D eigenvalue weighted by atomic mass is 9.79. The fourth-order valence-electron chi connectivity index (χ4n) is 3.79. The molecular weight excluding hydrogens is 244 g/mol. The molecule has 19 heavy (non-hydrogen) atoms.